The highest BCUT2D eigenvalue weighted by Gasteiger charge is 2.28. The summed E-state index contributed by atoms with van der Waals surface area (Å²) in [6.45, 7) is 14.7. The third kappa shape index (κ3) is 4.58. The molecule has 2 aromatic carbocycles. The summed E-state index contributed by atoms with van der Waals surface area (Å²) >= 11 is 0. The Morgan fingerprint density at radius 3 is 2.10 bits per heavy atom. The molecule has 0 spiro atoms. The van der Waals surface area contributed by atoms with Crippen LogP contribution in [0, 0.1) is 11.6 Å². The highest BCUT2D eigenvalue weighted by atomic mass is 19.1. The molecule has 0 amide bonds. The van der Waals surface area contributed by atoms with E-state index in [1.54, 1.807) is 6.92 Å². The Morgan fingerprint density at radius 2 is 1.59 bits per heavy atom. The number of benzene rings is 2. The number of halogens is 2. The molecule has 29 heavy (non-hydrogen) atoms. The number of rotatable bonds is 5. The molecule has 0 saturated carbocycles. The largest absolute Gasteiger partial charge is 0.494 e. The van der Waals surface area contributed by atoms with Gasteiger partial charge in [-0.2, -0.15) is 0 Å². The zero-order chi connectivity index (χ0) is 21.6. The van der Waals surface area contributed by atoms with Crippen LogP contribution in [-0.4, -0.2) is 18.1 Å². The maximum atomic E-state index is 15.0. The van der Waals surface area contributed by atoms with Crippen LogP contribution >= 0.6 is 0 Å². The van der Waals surface area contributed by atoms with Gasteiger partial charge in [0.2, 0.25) is 0 Å². The average molecular weight is 398 g/mol. The van der Waals surface area contributed by atoms with Gasteiger partial charge in [0.05, 0.1) is 17.9 Å². The lowest BCUT2D eigenvalue weighted by atomic mass is 9.91. The second-order valence-electron chi connectivity index (χ2n) is 6.34. The van der Waals surface area contributed by atoms with Gasteiger partial charge in [0, 0.05) is 29.9 Å². The van der Waals surface area contributed by atoms with E-state index in [0.717, 1.165) is 22.4 Å². The first kappa shape index (κ1) is 22.4. The highest BCUT2D eigenvalue weighted by molar-refractivity contribution is 5.98. The minimum Gasteiger partial charge on any atom is -0.494 e. The summed E-state index contributed by atoms with van der Waals surface area (Å²) in [7, 11) is 0. The van der Waals surface area contributed by atoms with Gasteiger partial charge in [0.25, 0.3) is 0 Å². The lowest BCUT2D eigenvalue weighted by molar-refractivity contribution is 0.335. The Balaban J connectivity index is 0.00000145. The fourth-order valence-corrected chi connectivity index (χ4v) is 3.34. The van der Waals surface area contributed by atoms with E-state index >= 15 is 8.78 Å². The van der Waals surface area contributed by atoms with E-state index in [0.29, 0.717) is 18.8 Å². The zero-order valence-corrected chi connectivity index (χ0v) is 17.9. The van der Waals surface area contributed by atoms with Gasteiger partial charge in [-0.15, -0.1) is 0 Å². The van der Waals surface area contributed by atoms with Gasteiger partial charge in [-0.3, -0.25) is 0 Å². The van der Waals surface area contributed by atoms with Crippen molar-refractivity contribution in [1.29, 1.82) is 0 Å². The van der Waals surface area contributed by atoms with Gasteiger partial charge in [0.1, 0.15) is 17.4 Å². The third-order valence-corrected chi connectivity index (χ3v) is 4.63. The van der Waals surface area contributed by atoms with Crippen molar-refractivity contribution in [3.63, 3.8) is 0 Å². The molecule has 0 bridgehead atoms. The van der Waals surface area contributed by atoms with Crippen molar-refractivity contribution in [2.45, 2.75) is 34.6 Å². The van der Waals surface area contributed by atoms with Gasteiger partial charge in [-0.25, -0.2) is 8.78 Å². The normalized spacial score (nSPS) is 13.7. The third-order valence-electron chi connectivity index (χ3n) is 4.63. The predicted molar refractivity (Wildman–Crippen MR) is 117 cm³/mol. The smallest absolute Gasteiger partial charge is 0.139 e. The van der Waals surface area contributed by atoms with Crippen molar-refractivity contribution in [2.24, 2.45) is 0 Å². The van der Waals surface area contributed by atoms with E-state index in [9.17, 15) is 0 Å². The molecular formula is C25H29F2NO. The van der Waals surface area contributed by atoms with Crippen molar-refractivity contribution in [2.75, 3.05) is 13.2 Å². The topological polar surface area (TPSA) is 12.5 Å². The summed E-state index contributed by atoms with van der Waals surface area (Å²) in [5.74, 6) is -1.12. The van der Waals surface area contributed by atoms with Crippen LogP contribution in [0.15, 0.2) is 66.4 Å². The maximum Gasteiger partial charge on any atom is 0.139 e. The fourth-order valence-electron chi connectivity index (χ4n) is 3.34. The first-order valence-corrected chi connectivity index (χ1v) is 10.0. The molecule has 3 rings (SSSR count). The molecule has 0 N–H and O–H groups in total. The van der Waals surface area contributed by atoms with E-state index in [4.69, 9.17) is 4.74 Å². The molecule has 0 atom stereocenters. The molecule has 0 saturated heterocycles. The van der Waals surface area contributed by atoms with Gasteiger partial charge < -0.3 is 9.64 Å². The number of hydrogen-bond acceptors (Lipinski definition) is 2. The van der Waals surface area contributed by atoms with E-state index in [1.165, 1.54) is 12.1 Å². The predicted octanol–water partition coefficient (Wildman–Crippen LogP) is 7.05. The number of nitrogens with zero attached hydrogens (tertiary/aromatic N) is 1. The molecular weight excluding hydrogens is 368 g/mol. The van der Waals surface area contributed by atoms with Crippen LogP contribution in [0.2, 0.25) is 0 Å². The van der Waals surface area contributed by atoms with Gasteiger partial charge in [-0.1, -0.05) is 50.8 Å². The van der Waals surface area contributed by atoms with Crippen LogP contribution in [0.3, 0.4) is 0 Å². The van der Waals surface area contributed by atoms with Gasteiger partial charge in [-0.05, 0) is 38.0 Å². The Labute approximate surface area is 172 Å². The minimum absolute atomic E-state index is 0.0657. The molecule has 0 aliphatic carbocycles. The minimum atomic E-state index is -0.652. The molecule has 4 heteroatoms. The molecule has 1 aliphatic heterocycles. The second-order valence-corrected chi connectivity index (χ2v) is 6.34. The highest BCUT2D eigenvalue weighted by Crippen LogP contribution is 2.41. The van der Waals surface area contributed by atoms with Crippen molar-refractivity contribution in [3.8, 4) is 5.75 Å². The molecule has 0 aromatic heterocycles. The summed E-state index contributed by atoms with van der Waals surface area (Å²) in [5.41, 5.74) is 3.78. The molecule has 0 unspecified atom stereocenters. The molecule has 1 heterocycles. The van der Waals surface area contributed by atoms with E-state index in [-0.39, 0.29) is 11.3 Å². The average Bonchev–Trinajstić information content (AvgIpc) is 2.72. The molecule has 2 nitrogen and oxygen atoms in total. The lowest BCUT2D eigenvalue weighted by Crippen LogP contribution is -2.26. The lowest BCUT2D eigenvalue weighted by Gasteiger charge is -2.34. The quantitative estimate of drug-likeness (QED) is 0.536. The van der Waals surface area contributed by atoms with Crippen LogP contribution in [0.5, 0.6) is 5.75 Å². The molecule has 154 valence electrons. The first-order chi connectivity index (χ1) is 14.0. The number of hydrogen-bond donors (Lipinski definition) is 0. The molecule has 0 fully saturated rings. The molecule has 2 aromatic rings. The van der Waals surface area contributed by atoms with Crippen LogP contribution in [-0.2, 0) is 0 Å². The number of likely N-dealkylation sites (N-methyl/N-ethyl adjacent to an activating group) is 1. The van der Waals surface area contributed by atoms with Crippen molar-refractivity contribution in [1.82, 2.24) is 4.90 Å². The zero-order valence-electron chi connectivity index (χ0n) is 17.9. The van der Waals surface area contributed by atoms with Gasteiger partial charge >= 0.3 is 0 Å². The first-order valence-electron chi connectivity index (χ1n) is 10.0. The van der Waals surface area contributed by atoms with Crippen LogP contribution < -0.4 is 4.74 Å². The van der Waals surface area contributed by atoms with Crippen LogP contribution in [0.4, 0.5) is 8.78 Å². The SMILES string of the molecule is C=C1C(C)=CC(c2ccccc2)=C(c2c(F)cc(OCC)cc2F)N1CC.CC. The van der Waals surface area contributed by atoms with Crippen molar-refractivity contribution in [3.05, 3.63) is 89.2 Å². The van der Waals surface area contributed by atoms with E-state index in [1.807, 2.05) is 69.0 Å². The van der Waals surface area contributed by atoms with Crippen LogP contribution in [0.25, 0.3) is 11.3 Å². The summed E-state index contributed by atoms with van der Waals surface area (Å²) < 4.78 is 35.3. The van der Waals surface area contributed by atoms with Crippen molar-refractivity contribution < 1.29 is 13.5 Å². The Hall–Kier alpha value is -2.88. The molecule has 1 aliphatic rings. The van der Waals surface area contributed by atoms with Gasteiger partial charge in [0.15, 0.2) is 0 Å². The Morgan fingerprint density at radius 1 is 1.00 bits per heavy atom. The second kappa shape index (κ2) is 10.1. The maximum absolute atomic E-state index is 15.0. The molecule has 0 radical (unpaired) electrons. The monoisotopic (exact) mass is 397 g/mol. The standard InChI is InChI=1S/C23H23F2NO.C2H6/c1-5-26-16(4)15(3)12-19(17-10-8-7-9-11-17)23(26)22-20(24)13-18(27-6-2)14-21(22)25;1-2/h7-14H,4-6H2,1-3H3;1-2H3. The van der Waals surface area contributed by atoms with Crippen LogP contribution in [0.1, 0.15) is 45.7 Å². The Kier molecular flexibility index (Phi) is 7.77. The number of ether oxygens (including phenoxy) is 1. The summed E-state index contributed by atoms with van der Waals surface area (Å²) in [6.07, 6.45) is 1.94. The summed E-state index contributed by atoms with van der Waals surface area (Å²) in [4.78, 5) is 1.86. The Bertz CT molecular complexity index is 906. The van der Waals surface area contributed by atoms with E-state index in [2.05, 4.69) is 6.58 Å². The van der Waals surface area contributed by atoms with E-state index < -0.39 is 11.6 Å². The number of allylic oxidation sites excluding steroid dienone is 3. The fraction of sp³-hybridized carbons (Fsp3) is 0.280. The van der Waals surface area contributed by atoms with Crippen molar-refractivity contribution >= 4 is 11.3 Å². The summed E-state index contributed by atoms with van der Waals surface area (Å²) in [6, 6.07) is 12.1. The summed E-state index contributed by atoms with van der Waals surface area (Å²) in [5, 5.41) is 0.